The molecule has 3 aromatic rings. The molecule has 2 N–H and O–H groups in total. The van der Waals surface area contributed by atoms with Crippen LogP contribution in [0.1, 0.15) is 30.9 Å². The van der Waals surface area contributed by atoms with Crippen LogP contribution in [0.5, 0.6) is 11.5 Å². The van der Waals surface area contributed by atoms with Crippen LogP contribution in [0.25, 0.3) is 17.5 Å². The summed E-state index contributed by atoms with van der Waals surface area (Å²) >= 11 is 1.08. The Kier molecular flexibility index (Phi) is 8.02. The number of methoxy groups -OCH3 is 2. The van der Waals surface area contributed by atoms with Crippen molar-refractivity contribution >= 4 is 40.7 Å². The molecule has 1 atom stereocenters. The van der Waals surface area contributed by atoms with Crippen LogP contribution in [-0.4, -0.2) is 43.9 Å². The number of esters is 2. The van der Waals surface area contributed by atoms with Gasteiger partial charge in [-0.2, -0.15) is 0 Å². The molecule has 0 bridgehead atoms. The molecule has 38 heavy (non-hydrogen) atoms. The second kappa shape index (κ2) is 11.4. The molecule has 0 spiro atoms. The zero-order chi connectivity index (χ0) is 27.4. The molecule has 0 saturated carbocycles. The Labute approximate surface area is 223 Å². The third-order valence-electron chi connectivity index (χ3n) is 6.01. The topological polar surface area (TPSA) is 119 Å². The summed E-state index contributed by atoms with van der Waals surface area (Å²) in [4.78, 5) is 40.5. The molecule has 0 saturated heterocycles. The molecule has 0 amide bonds. The summed E-state index contributed by atoms with van der Waals surface area (Å²) in [7, 11) is 3.03. The van der Waals surface area contributed by atoms with Gasteiger partial charge in [-0.05, 0) is 32.1 Å². The van der Waals surface area contributed by atoms with E-state index in [4.69, 9.17) is 24.7 Å². The molecule has 1 aliphatic heterocycles. The monoisotopic (exact) mass is 536 g/mol. The van der Waals surface area contributed by atoms with E-state index in [9.17, 15) is 14.4 Å². The number of fused-ring (bicyclic) bond motifs is 1. The van der Waals surface area contributed by atoms with Gasteiger partial charge in [-0.25, -0.2) is 9.59 Å². The second-order valence-electron chi connectivity index (χ2n) is 8.13. The number of rotatable bonds is 8. The number of ether oxygens (including phenoxy) is 4. The average Bonchev–Trinajstić information content (AvgIpc) is 3.24. The zero-order valence-corrected chi connectivity index (χ0v) is 22.3. The predicted octanol–water partition coefficient (Wildman–Crippen LogP) is 1.96. The van der Waals surface area contributed by atoms with Crippen molar-refractivity contribution in [1.29, 1.82) is 0 Å². The normalized spacial score (nSPS) is 15.2. The third-order valence-corrected chi connectivity index (χ3v) is 7.12. The maximum absolute atomic E-state index is 13.7. The maximum Gasteiger partial charge on any atom is 0.338 e. The molecule has 1 aromatic heterocycles. The van der Waals surface area contributed by atoms with E-state index in [2.05, 4.69) is 0 Å². The Balaban J connectivity index is 2.15. The first-order chi connectivity index (χ1) is 18.4. The number of para-hydroxylation sites is 2. The van der Waals surface area contributed by atoms with E-state index in [0.29, 0.717) is 22.6 Å². The Morgan fingerprint density at radius 2 is 1.50 bits per heavy atom. The minimum absolute atomic E-state index is 0.0457. The van der Waals surface area contributed by atoms with Gasteiger partial charge in [-0.15, -0.1) is 11.3 Å². The number of thiazole rings is 1. The molecule has 2 heterocycles. The Bertz CT molecular complexity index is 1600. The van der Waals surface area contributed by atoms with Crippen molar-refractivity contribution in [3.63, 3.8) is 0 Å². The van der Waals surface area contributed by atoms with Crippen molar-refractivity contribution in [3.05, 3.63) is 84.8 Å². The lowest BCUT2D eigenvalue weighted by Crippen LogP contribution is -2.42. The smallest absolute Gasteiger partial charge is 0.338 e. The highest BCUT2D eigenvalue weighted by molar-refractivity contribution is 7.07. The number of nitrogens with zero attached hydrogens (tertiary/aromatic N) is 1. The minimum atomic E-state index is -0.999. The van der Waals surface area contributed by atoms with E-state index in [1.807, 2.05) is 12.1 Å². The highest BCUT2D eigenvalue weighted by Gasteiger charge is 2.41. The van der Waals surface area contributed by atoms with E-state index in [0.717, 1.165) is 11.3 Å². The van der Waals surface area contributed by atoms with Gasteiger partial charge in [-0.3, -0.25) is 9.36 Å². The third kappa shape index (κ3) is 4.70. The average molecular weight is 537 g/mol. The fourth-order valence-electron chi connectivity index (χ4n) is 4.41. The molecule has 2 aromatic carbocycles. The maximum atomic E-state index is 13.7. The van der Waals surface area contributed by atoms with Gasteiger partial charge >= 0.3 is 11.9 Å². The van der Waals surface area contributed by atoms with Gasteiger partial charge in [0.15, 0.2) is 0 Å². The van der Waals surface area contributed by atoms with Crippen molar-refractivity contribution in [2.45, 2.75) is 19.8 Å². The Morgan fingerprint density at radius 1 is 0.921 bits per heavy atom. The molecule has 0 unspecified atom stereocenters. The van der Waals surface area contributed by atoms with Crippen LogP contribution in [0, 0.1) is 0 Å². The van der Waals surface area contributed by atoms with Gasteiger partial charge in [0.05, 0.1) is 49.0 Å². The van der Waals surface area contributed by atoms with Gasteiger partial charge in [0.1, 0.15) is 22.0 Å². The molecular formula is C28H28N2O7S. The van der Waals surface area contributed by atoms with E-state index in [1.54, 1.807) is 56.3 Å². The number of benzene rings is 2. The minimum Gasteiger partial charge on any atom is -0.496 e. The van der Waals surface area contributed by atoms with E-state index in [-0.39, 0.29) is 39.4 Å². The van der Waals surface area contributed by atoms with Crippen LogP contribution in [0.3, 0.4) is 0 Å². The van der Waals surface area contributed by atoms with Crippen molar-refractivity contribution < 1.29 is 28.5 Å². The van der Waals surface area contributed by atoms with Gasteiger partial charge < -0.3 is 24.7 Å². The molecule has 10 heteroatoms. The second-order valence-corrected chi connectivity index (χ2v) is 9.16. The van der Waals surface area contributed by atoms with E-state index < -0.39 is 23.4 Å². The number of hydrogen-bond donors (Lipinski definition) is 1. The quantitative estimate of drug-likeness (QED) is 0.434. The largest absolute Gasteiger partial charge is 0.496 e. The summed E-state index contributed by atoms with van der Waals surface area (Å²) in [5.41, 5.74) is 7.27. The number of nitrogens with two attached hydrogens (primary N) is 1. The molecule has 0 radical (unpaired) electrons. The molecule has 198 valence electrons. The molecular weight excluding hydrogens is 508 g/mol. The molecule has 4 rings (SSSR count). The Morgan fingerprint density at radius 3 is 2.13 bits per heavy atom. The highest BCUT2D eigenvalue weighted by atomic mass is 32.1. The van der Waals surface area contributed by atoms with E-state index in [1.165, 1.54) is 18.8 Å². The predicted molar refractivity (Wildman–Crippen MR) is 144 cm³/mol. The summed E-state index contributed by atoms with van der Waals surface area (Å²) in [6, 6.07) is 14.2. The first-order valence-electron chi connectivity index (χ1n) is 12.0. The fraction of sp³-hybridized carbons (Fsp3) is 0.250. The lowest BCUT2D eigenvalue weighted by molar-refractivity contribution is -0.138. The molecule has 0 aliphatic carbocycles. The lowest BCUT2D eigenvalue weighted by Gasteiger charge is -2.28. The summed E-state index contributed by atoms with van der Waals surface area (Å²) < 4.78 is 23.5. The van der Waals surface area contributed by atoms with Crippen molar-refractivity contribution in [1.82, 2.24) is 4.57 Å². The summed E-state index contributed by atoms with van der Waals surface area (Å²) in [6.45, 7) is 3.50. The summed E-state index contributed by atoms with van der Waals surface area (Å²) in [5, 5.41) is 0. The Hall–Kier alpha value is -4.31. The van der Waals surface area contributed by atoms with Crippen molar-refractivity contribution in [2.24, 2.45) is 5.73 Å². The van der Waals surface area contributed by atoms with Crippen LogP contribution in [0.15, 0.2) is 58.9 Å². The van der Waals surface area contributed by atoms with Crippen LogP contribution >= 0.6 is 11.3 Å². The van der Waals surface area contributed by atoms with Crippen molar-refractivity contribution in [3.8, 4) is 11.5 Å². The van der Waals surface area contributed by atoms with Gasteiger partial charge in [0.25, 0.3) is 5.56 Å². The molecule has 1 aliphatic rings. The van der Waals surface area contributed by atoms with Gasteiger partial charge in [0, 0.05) is 11.1 Å². The number of carbonyl (C=O) groups excluding carboxylic acids is 2. The number of aromatic nitrogens is 1. The molecule has 9 nitrogen and oxygen atoms in total. The van der Waals surface area contributed by atoms with Gasteiger partial charge in [-0.1, -0.05) is 36.4 Å². The zero-order valence-electron chi connectivity index (χ0n) is 21.5. The molecule has 0 fully saturated rings. The van der Waals surface area contributed by atoms with E-state index >= 15 is 0 Å². The SMILES string of the molecule is CCOC(=O)C1=C(N)n2c(s/c(=C\c3ccccc3OC)c2=O)=C(C(=O)OCC)[C@@H]1c1ccccc1OC. The van der Waals surface area contributed by atoms with Crippen molar-refractivity contribution in [2.75, 3.05) is 27.4 Å². The van der Waals surface area contributed by atoms with Gasteiger partial charge in [0.2, 0.25) is 0 Å². The highest BCUT2D eigenvalue weighted by Crippen LogP contribution is 2.41. The standard InChI is InChI=1S/C28H28N2O7S/c1-5-36-27(32)22-21(17-12-8-10-14-19(17)35-4)23(28(33)37-6-2)26-30(24(22)29)25(31)20(38-26)15-16-11-7-9-13-18(16)34-3/h7-15,21H,5-6,29H2,1-4H3/b20-15-/t21-/m1/s1. The number of carbonyl (C=O) groups is 2. The first kappa shape index (κ1) is 26.7. The number of hydrogen-bond acceptors (Lipinski definition) is 9. The summed E-state index contributed by atoms with van der Waals surface area (Å²) in [6.07, 6.45) is 1.66. The van der Waals surface area contributed by atoms with Crippen LogP contribution in [-0.2, 0) is 19.1 Å². The summed E-state index contributed by atoms with van der Waals surface area (Å²) in [5.74, 6) is -1.55. The first-order valence-corrected chi connectivity index (χ1v) is 12.8. The fourth-order valence-corrected chi connectivity index (χ4v) is 5.56. The van der Waals surface area contributed by atoms with Crippen LogP contribution in [0.4, 0.5) is 0 Å². The van der Waals surface area contributed by atoms with Crippen LogP contribution < -0.4 is 30.0 Å². The lowest BCUT2D eigenvalue weighted by atomic mass is 9.82. The van der Waals surface area contributed by atoms with Crippen LogP contribution in [0.2, 0.25) is 0 Å².